The molecule has 1 aromatic heterocycles. The normalized spacial score (nSPS) is 14.2. The predicted octanol–water partition coefficient (Wildman–Crippen LogP) is 3.20. The minimum absolute atomic E-state index is 0.0562. The number of amides is 1. The molecule has 1 fully saturated rings. The van der Waals surface area contributed by atoms with Crippen molar-refractivity contribution in [3.8, 4) is 0 Å². The molecule has 1 aliphatic rings. The van der Waals surface area contributed by atoms with Crippen molar-refractivity contribution in [1.29, 1.82) is 0 Å². The van der Waals surface area contributed by atoms with Crippen LogP contribution in [0.3, 0.4) is 0 Å². The molecule has 0 saturated carbocycles. The van der Waals surface area contributed by atoms with Gasteiger partial charge < -0.3 is 10.2 Å². The zero-order valence-electron chi connectivity index (χ0n) is 16.8. The number of aromatic nitrogens is 1. The number of hydrogen-bond acceptors (Lipinski definition) is 5. The van der Waals surface area contributed by atoms with E-state index in [4.69, 9.17) is 16.6 Å². The summed E-state index contributed by atoms with van der Waals surface area (Å²) in [5.41, 5.74) is 1.34. The average molecular weight is 459 g/mol. The first-order valence-electron chi connectivity index (χ1n) is 10.1. The predicted molar refractivity (Wildman–Crippen MR) is 122 cm³/mol. The van der Waals surface area contributed by atoms with Gasteiger partial charge in [0, 0.05) is 36.6 Å². The SMILES string of the molecule is O=C(NCCNS(=O)(=O)c1cccc(Cl)c1)c1cc2ccccc2nc1N1CCCC1. The maximum absolute atomic E-state index is 12.9. The van der Waals surface area contributed by atoms with Crippen molar-refractivity contribution in [2.75, 3.05) is 31.1 Å². The van der Waals surface area contributed by atoms with Gasteiger partial charge >= 0.3 is 0 Å². The second kappa shape index (κ2) is 9.21. The molecule has 2 aromatic carbocycles. The van der Waals surface area contributed by atoms with Crippen LogP contribution in [0.1, 0.15) is 23.2 Å². The molecule has 2 heterocycles. The molecule has 2 N–H and O–H groups in total. The number of para-hydroxylation sites is 1. The Morgan fingerprint density at radius 1 is 1.03 bits per heavy atom. The second-order valence-electron chi connectivity index (χ2n) is 7.36. The van der Waals surface area contributed by atoms with E-state index in [1.54, 1.807) is 12.1 Å². The molecule has 0 unspecified atom stereocenters. The second-order valence-corrected chi connectivity index (χ2v) is 9.56. The number of carbonyl (C=O) groups is 1. The smallest absolute Gasteiger partial charge is 0.255 e. The fourth-order valence-corrected chi connectivity index (χ4v) is 4.95. The maximum Gasteiger partial charge on any atom is 0.255 e. The van der Waals surface area contributed by atoms with Gasteiger partial charge in [0.15, 0.2) is 0 Å². The van der Waals surface area contributed by atoms with Gasteiger partial charge in [-0.25, -0.2) is 18.1 Å². The number of halogens is 1. The van der Waals surface area contributed by atoms with Crippen LogP contribution in [0.5, 0.6) is 0 Å². The van der Waals surface area contributed by atoms with Crippen molar-refractivity contribution >= 4 is 44.3 Å². The quantitative estimate of drug-likeness (QED) is 0.530. The third-order valence-electron chi connectivity index (χ3n) is 5.16. The largest absolute Gasteiger partial charge is 0.356 e. The molecule has 4 rings (SSSR count). The van der Waals surface area contributed by atoms with Crippen LogP contribution in [0.15, 0.2) is 59.5 Å². The maximum atomic E-state index is 12.9. The van der Waals surface area contributed by atoms with Gasteiger partial charge in [-0.05, 0) is 43.2 Å². The molecule has 7 nitrogen and oxygen atoms in total. The average Bonchev–Trinajstić information content (AvgIpc) is 3.30. The summed E-state index contributed by atoms with van der Waals surface area (Å²) in [6, 6.07) is 15.6. The van der Waals surface area contributed by atoms with E-state index in [2.05, 4.69) is 14.9 Å². The first-order chi connectivity index (χ1) is 14.9. The summed E-state index contributed by atoms with van der Waals surface area (Å²) in [4.78, 5) is 19.9. The summed E-state index contributed by atoms with van der Waals surface area (Å²) in [5, 5.41) is 4.03. The van der Waals surface area contributed by atoms with E-state index in [-0.39, 0.29) is 23.9 Å². The number of nitrogens with zero attached hydrogens (tertiary/aromatic N) is 2. The number of carbonyl (C=O) groups excluding carboxylic acids is 1. The van der Waals surface area contributed by atoms with Gasteiger partial charge in [0.25, 0.3) is 5.91 Å². The number of hydrogen-bond donors (Lipinski definition) is 2. The molecule has 0 atom stereocenters. The zero-order valence-corrected chi connectivity index (χ0v) is 18.4. The number of fused-ring (bicyclic) bond motifs is 1. The molecule has 0 spiro atoms. The third-order valence-corrected chi connectivity index (χ3v) is 6.86. The topological polar surface area (TPSA) is 91.4 Å². The van der Waals surface area contributed by atoms with Gasteiger partial charge in [-0.3, -0.25) is 4.79 Å². The Balaban J connectivity index is 1.45. The van der Waals surface area contributed by atoms with E-state index in [1.165, 1.54) is 12.1 Å². The third kappa shape index (κ3) is 4.98. The van der Waals surface area contributed by atoms with Crippen molar-refractivity contribution in [1.82, 2.24) is 15.0 Å². The molecule has 162 valence electrons. The number of pyridine rings is 1. The van der Waals surface area contributed by atoms with Crippen molar-refractivity contribution in [3.05, 3.63) is 65.2 Å². The lowest BCUT2D eigenvalue weighted by Gasteiger charge is -2.20. The highest BCUT2D eigenvalue weighted by Gasteiger charge is 2.22. The van der Waals surface area contributed by atoms with E-state index in [9.17, 15) is 13.2 Å². The molecule has 1 aliphatic heterocycles. The number of sulfonamides is 1. The highest BCUT2D eigenvalue weighted by atomic mass is 35.5. The molecular weight excluding hydrogens is 436 g/mol. The highest BCUT2D eigenvalue weighted by Crippen LogP contribution is 2.26. The van der Waals surface area contributed by atoms with Crippen molar-refractivity contribution in [3.63, 3.8) is 0 Å². The first-order valence-corrected chi connectivity index (χ1v) is 12.0. The Morgan fingerprint density at radius 3 is 2.58 bits per heavy atom. The molecular formula is C22H23ClN4O3S. The Labute approximate surface area is 186 Å². The number of nitrogens with one attached hydrogen (secondary N) is 2. The van der Waals surface area contributed by atoms with Gasteiger partial charge in [0.05, 0.1) is 16.0 Å². The fraction of sp³-hybridized carbons (Fsp3) is 0.273. The van der Waals surface area contributed by atoms with Crippen LogP contribution in [0, 0.1) is 0 Å². The molecule has 1 amide bonds. The van der Waals surface area contributed by atoms with Gasteiger partial charge in [-0.2, -0.15) is 0 Å². The monoisotopic (exact) mass is 458 g/mol. The summed E-state index contributed by atoms with van der Waals surface area (Å²) >= 11 is 5.87. The Bertz CT molecular complexity index is 1210. The Morgan fingerprint density at radius 2 is 1.81 bits per heavy atom. The lowest BCUT2D eigenvalue weighted by atomic mass is 10.1. The van der Waals surface area contributed by atoms with Gasteiger partial charge in [-0.1, -0.05) is 35.9 Å². The number of benzene rings is 2. The van der Waals surface area contributed by atoms with Crippen LogP contribution in [-0.2, 0) is 10.0 Å². The van der Waals surface area contributed by atoms with Gasteiger partial charge in [0.2, 0.25) is 10.0 Å². The van der Waals surface area contributed by atoms with E-state index < -0.39 is 10.0 Å². The fourth-order valence-electron chi connectivity index (χ4n) is 3.62. The summed E-state index contributed by atoms with van der Waals surface area (Å²) in [6.07, 6.45) is 2.14. The molecule has 0 radical (unpaired) electrons. The van der Waals surface area contributed by atoms with Crippen molar-refractivity contribution in [2.24, 2.45) is 0 Å². The van der Waals surface area contributed by atoms with E-state index >= 15 is 0 Å². The lowest BCUT2D eigenvalue weighted by Crippen LogP contribution is -2.35. The van der Waals surface area contributed by atoms with Crippen LogP contribution >= 0.6 is 11.6 Å². The summed E-state index contributed by atoms with van der Waals surface area (Å²) in [6.45, 7) is 1.93. The highest BCUT2D eigenvalue weighted by molar-refractivity contribution is 7.89. The van der Waals surface area contributed by atoms with Crippen LogP contribution < -0.4 is 14.9 Å². The number of rotatable bonds is 7. The Hall–Kier alpha value is -2.68. The van der Waals surface area contributed by atoms with Crippen LogP contribution in [0.2, 0.25) is 5.02 Å². The zero-order chi connectivity index (χ0) is 21.8. The standard InChI is InChI=1S/C22H23ClN4O3S/c23-17-7-5-8-18(15-17)31(29,30)25-11-10-24-22(28)19-14-16-6-1-2-9-20(16)26-21(19)27-12-3-4-13-27/h1-2,5-9,14-15,25H,3-4,10-13H2,(H,24,28). The molecule has 0 bridgehead atoms. The lowest BCUT2D eigenvalue weighted by molar-refractivity contribution is 0.0954. The molecule has 1 saturated heterocycles. The van der Waals surface area contributed by atoms with E-state index in [0.29, 0.717) is 16.4 Å². The van der Waals surface area contributed by atoms with E-state index in [1.807, 2.05) is 30.3 Å². The van der Waals surface area contributed by atoms with Crippen LogP contribution in [0.25, 0.3) is 10.9 Å². The van der Waals surface area contributed by atoms with Gasteiger partial charge in [-0.15, -0.1) is 0 Å². The molecule has 3 aromatic rings. The van der Waals surface area contributed by atoms with Crippen LogP contribution in [-0.4, -0.2) is 45.5 Å². The van der Waals surface area contributed by atoms with E-state index in [0.717, 1.165) is 36.8 Å². The molecule has 31 heavy (non-hydrogen) atoms. The summed E-state index contributed by atoms with van der Waals surface area (Å²) < 4.78 is 27.2. The minimum atomic E-state index is -3.70. The summed E-state index contributed by atoms with van der Waals surface area (Å²) in [5.74, 6) is 0.398. The first kappa shape index (κ1) is 21.5. The van der Waals surface area contributed by atoms with Crippen molar-refractivity contribution in [2.45, 2.75) is 17.7 Å². The number of anilines is 1. The summed E-state index contributed by atoms with van der Waals surface area (Å²) in [7, 11) is -3.70. The van der Waals surface area contributed by atoms with Gasteiger partial charge in [0.1, 0.15) is 5.82 Å². The minimum Gasteiger partial charge on any atom is -0.356 e. The molecule has 9 heteroatoms. The molecule has 0 aliphatic carbocycles. The van der Waals surface area contributed by atoms with Crippen LogP contribution in [0.4, 0.5) is 5.82 Å². The van der Waals surface area contributed by atoms with Crippen molar-refractivity contribution < 1.29 is 13.2 Å². The Kier molecular flexibility index (Phi) is 6.41.